The molecule has 0 bridgehead atoms. The van der Waals surface area contributed by atoms with Gasteiger partial charge in [-0.3, -0.25) is 4.90 Å². The third kappa shape index (κ3) is 2.87. The van der Waals surface area contributed by atoms with Crippen LogP contribution >= 0.6 is 0 Å². The van der Waals surface area contributed by atoms with Crippen LogP contribution in [-0.2, 0) is 12.1 Å². The molecule has 0 saturated carbocycles. The summed E-state index contributed by atoms with van der Waals surface area (Å²) in [6, 6.07) is 9.58. The van der Waals surface area contributed by atoms with Crippen LogP contribution in [0.15, 0.2) is 41.1 Å². The van der Waals surface area contributed by atoms with Gasteiger partial charge in [-0.15, -0.1) is 0 Å². The number of hydrogen-bond donors (Lipinski definition) is 1. The van der Waals surface area contributed by atoms with Crippen molar-refractivity contribution in [3.05, 3.63) is 47.9 Å². The Morgan fingerprint density at radius 2 is 2.14 bits per heavy atom. The van der Waals surface area contributed by atoms with Crippen LogP contribution in [0, 0.1) is 0 Å². The van der Waals surface area contributed by atoms with Gasteiger partial charge >= 0.3 is 0 Å². The van der Waals surface area contributed by atoms with Gasteiger partial charge in [-0.25, -0.2) is 0 Å². The van der Waals surface area contributed by atoms with Gasteiger partial charge in [0, 0.05) is 12.1 Å². The van der Waals surface area contributed by atoms with E-state index in [1.807, 2.05) is 37.3 Å². The molecule has 1 aliphatic heterocycles. The highest BCUT2D eigenvalue weighted by Crippen LogP contribution is 2.36. The number of aliphatic hydroxyl groups is 1. The molecule has 22 heavy (non-hydrogen) atoms. The lowest BCUT2D eigenvalue weighted by Gasteiger charge is -2.36. The molecule has 0 radical (unpaired) electrons. The molecule has 2 heterocycles. The minimum absolute atomic E-state index is 0.0611. The van der Waals surface area contributed by atoms with Gasteiger partial charge in [-0.05, 0) is 44.0 Å². The van der Waals surface area contributed by atoms with Gasteiger partial charge in [0.05, 0.1) is 19.9 Å². The van der Waals surface area contributed by atoms with E-state index < -0.39 is 5.60 Å². The Morgan fingerprint density at radius 3 is 2.77 bits per heavy atom. The minimum atomic E-state index is -0.914. The molecule has 1 aromatic heterocycles. The number of hydrogen-bond acceptors (Lipinski definition) is 5. The van der Waals surface area contributed by atoms with Gasteiger partial charge in [0.1, 0.15) is 11.4 Å². The number of aromatic nitrogens is 1. The fourth-order valence-corrected chi connectivity index (χ4v) is 3.30. The van der Waals surface area contributed by atoms with Crippen molar-refractivity contribution in [3.63, 3.8) is 0 Å². The summed E-state index contributed by atoms with van der Waals surface area (Å²) in [6.45, 7) is 3.52. The van der Waals surface area contributed by atoms with Crippen molar-refractivity contribution >= 4 is 0 Å². The van der Waals surface area contributed by atoms with Crippen LogP contribution in [0.25, 0.3) is 0 Å². The molecule has 1 N–H and O–H groups in total. The second-order valence-electron chi connectivity index (χ2n) is 5.98. The van der Waals surface area contributed by atoms with Crippen LogP contribution in [0.2, 0.25) is 0 Å². The zero-order chi connectivity index (χ0) is 15.6. The molecule has 1 aromatic carbocycles. The number of methoxy groups -OCH3 is 1. The van der Waals surface area contributed by atoms with Gasteiger partial charge in [-0.1, -0.05) is 17.3 Å². The molecule has 0 unspecified atom stereocenters. The summed E-state index contributed by atoms with van der Waals surface area (Å²) in [5.74, 6) is 1.63. The van der Waals surface area contributed by atoms with Crippen molar-refractivity contribution in [3.8, 4) is 5.75 Å². The number of benzene rings is 1. The first kappa shape index (κ1) is 15.1. The highest BCUT2D eigenvalue weighted by molar-refractivity contribution is 5.31. The Morgan fingerprint density at radius 1 is 1.36 bits per heavy atom. The Labute approximate surface area is 130 Å². The van der Waals surface area contributed by atoms with E-state index in [-0.39, 0.29) is 6.04 Å². The minimum Gasteiger partial charge on any atom is -0.497 e. The smallest absolute Gasteiger partial charge is 0.150 e. The summed E-state index contributed by atoms with van der Waals surface area (Å²) in [6.07, 6.45) is 3.69. The fraction of sp³-hybridized carbons (Fsp3) is 0.471. The zero-order valence-corrected chi connectivity index (χ0v) is 13.0. The van der Waals surface area contributed by atoms with Crippen molar-refractivity contribution in [2.45, 2.75) is 38.0 Å². The molecule has 1 saturated heterocycles. The van der Waals surface area contributed by atoms with Crippen LogP contribution in [-0.4, -0.2) is 34.9 Å². The molecule has 5 heteroatoms. The summed E-state index contributed by atoms with van der Waals surface area (Å²) in [7, 11) is 1.64. The van der Waals surface area contributed by atoms with E-state index in [1.54, 1.807) is 13.3 Å². The van der Waals surface area contributed by atoms with Crippen LogP contribution in [0.4, 0.5) is 0 Å². The molecular formula is C17H22N2O3. The van der Waals surface area contributed by atoms with Crippen LogP contribution in [0.5, 0.6) is 5.75 Å². The number of rotatable bonds is 5. The first-order valence-electron chi connectivity index (χ1n) is 7.62. The molecule has 5 nitrogen and oxygen atoms in total. The van der Waals surface area contributed by atoms with E-state index in [1.165, 1.54) is 0 Å². The topological polar surface area (TPSA) is 58.7 Å². The number of nitrogens with zero attached hydrogens (tertiary/aromatic N) is 2. The monoisotopic (exact) mass is 302 g/mol. The largest absolute Gasteiger partial charge is 0.497 e. The Balaban J connectivity index is 1.79. The quantitative estimate of drug-likeness (QED) is 0.920. The zero-order valence-electron chi connectivity index (χ0n) is 13.0. The molecule has 0 spiro atoms. The molecule has 0 aliphatic carbocycles. The summed E-state index contributed by atoms with van der Waals surface area (Å²) < 4.78 is 10.4. The van der Waals surface area contributed by atoms with Crippen molar-refractivity contribution in [1.29, 1.82) is 0 Å². The van der Waals surface area contributed by atoms with Gasteiger partial charge in [0.15, 0.2) is 5.76 Å². The highest BCUT2D eigenvalue weighted by atomic mass is 16.5. The maximum Gasteiger partial charge on any atom is 0.150 e. The maximum absolute atomic E-state index is 11.1. The third-order valence-electron chi connectivity index (χ3n) is 4.54. The second kappa shape index (κ2) is 6.10. The average Bonchev–Trinajstić information content (AvgIpc) is 3.20. The molecule has 3 rings (SSSR count). The van der Waals surface area contributed by atoms with E-state index in [0.717, 1.165) is 36.5 Å². The van der Waals surface area contributed by atoms with Crippen LogP contribution in [0.1, 0.15) is 31.1 Å². The predicted octanol–water partition coefficient (Wildman–Crippen LogP) is 2.56. The summed E-state index contributed by atoms with van der Waals surface area (Å²) in [5, 5.41) is 14.9. The summed E-state index contributed by atoms with van der Waals surface area (Å²) in [4.78, 5) is 2.27. The maximum atomic E-state index is 11.1. The predicted molar refractivity (Wildman–Crippen MR) is 82.5 cm³/mol. The van der Waals surface area contributed by atoms with Crippen molar-refractivity contribution < 1.29 is 14.4 Å². The summed E-state index contributed by atoms with van der Waals surface area (Å²) >= 11 is 0. The lowest BCUT2D eigenvalue weighted by atomic mass is 9.86. The van der Waals surface area contributed by atoms with Gasteiger partial charge in [0.25, 0.3) is 0 Å². The van der Waals surface area contributed by atoms with E-state index in [0.29, 0.717) is 6.54 Å². The SMILES string of the molecule is COc1ccc([C@@](C)(O)[C@H]2CCCN2Cc2ccno2)cc1. The van der Waals surface area contributed by atoms with Crippen LogP contribution < -0.4 is 4.74 Å². The van der Waals surface area contributed by atoms with E-state index in [9.17, 15) is 5.11 Å². The molecule has 2 aromatic rings. The first-order valence-corrected chi connectivity index (χ1v) is 7.62. The third-order valence-corrected chi connectivity index (χ3v) is 4.54. The van der Waals surface area contributed by atoms with E-state index >= 15 is 0 Å². The van der Waals surface area contributed by atoms with Gasteiger partial charge in [0.2, 0.25) is 0 Å². The summed E-state index contributed by atoms with van der Waals surface area (Å²) in [5.41, 5.74) is -0.00855. The fourth-order valence-electron chi connectivity index (χ4n) is 3.30. The molecule has 2 atom stereocenters. The highest BCUT2D eigenvalue weighted by Gasteiger charge is 2.40. The molecule has 0 amide bonds. The Hall–Kier alpha value is -1.85. The first-order chi connectivity index (χ1) is 10.6. The molecular weight excluding hydrogens is 280 g/mol. The Kier molecular flexibility index (Phi) is 4.18. The lowest BCUT2D eigenvalue weighted by Crippen LogP contribution is -2.45. The normalized spacial score (nSPS) is 21.7. The average molecular weight is 302 g/mol. The second-order valence-corrected chi connectivity index (χ2v) is 5.98. The van der Waals surface area contributed by atoms with Crippen molar-refractivity contribution in [2.75, 3.05) is 13.7 Å². The standard InChI is InChI=1S/C17H22N2O3/c1-17(20,13-5-7-14(21-2)8-6-13)16-4-3-11-19(16)12-15-9-10-18-22-15/h5-10,16,20H,3-4,11-12H2,1-2H3/t16-,17-/m1/s1. The van der Waals surface area contributed by atoms with Crippen LogP contribution in [0.3, 0.4) is 0 Å². The van der Waals surface area contributed by atoms with Gasteiger partial charge < -0.3 is 14.4 Å². The lowest BCUT2D eigenvalue weighted by molar-refractivity contribution is -0.0274. The molecule has 1 fully saturated rings. The van der Waals surface area contributed by atoms with Crippen molar-refractivity contribution in [1.82, 2.24) is 10.1 Å². The Bertz CT molecular complexity index is 593. The van der Waals surface area contributed by atoms with Gasteiger partial charge in [-0.2, -0.15) is 0 Å². The van der Waals surface area contributed by atoms with E-state index in [2.05, 4.69) is 10.1 Å². The number of likely N-dealkylation sites (tertiary alicyclic amines) is 1. The van der Waals surface area contributed by atoms with E-state index in [4.69, 9.17) is 9.26 Å². The molecule has 1 aliphatic rings. The number of ether oxygens (including phenoxy) is 1. The molecule has 118 valence electrons. The van der Waals surface area contributed by atoms with Crippen molar-refractivity contribution in [2.24, 2.45) is 0 Å².